The van der Waals surface area contributed by atoms with Crippen LogP contribution in [0.25, 0.3) is 21.1 Å². The van der Waals surface area contributed by atoms with Gasteiger partial charge >= 0.3 is 0 Å². The molecule has 6 nitrogen and oxygen atoms in total. The van der Waals surface area contributed by atoms with Crippen LogP contribution in [-0.4, -0.2) is 20.9 Å². The van der Waals surface area contributed by atoms with Crippen molar-refractivity contribution in [1.82, 2.24) is 15.0 Å². The fourth-order valence-electron chi connectivity index (χ4n) is 3.46. The van der Waals surface area contributed by atoms with E-state index in [0.717, 1.165) is 15.6 Å². The number of nitrogens with one attached hydrogen (secondary N) is 1. The largest absolute Gasteiger partial charge is 0.368 e. The highest BCUT2D eigenvalue weighted by Crippen LogP contribution is 2.26. The van der Waals surface area contributed by atoms with E-state index < -0.39 is 0 Å². The van der Waals surface area contributed by atoms with E-state index in [2.05, 4.69) is 20.3 Å². The highest BCUT2D eigenvalue weighted by molar-refractivity contribution is 7.17. The van der Waals surface area contributed by atoms with E-state index in [0.29, 0.717) is 16.8 Å². The number of thiophene rings is 1. The van der Waals surface area contributed by atoms with Crippen LogP contribution in [0.2, 0.25) is 0 Å². The second-order valence-electron chi connectivity index (χ2n) is 7.05. The first-order chi connectivity index (χ1) is 14.2. The van der Waals surface area contributed by atoms with Crippen molar-refractivity contribution in [2.45, 2.75) is 38.5 Å². The molecule has 0 saturated heterocycles. The van der Waals surface area contributed by atoms with Crippen molar-refractivity contribution in [3.63, 3.8) is 0 Å². The zero-order chi connectivity index (χ0) is 20.1. The molecule has 1 aromatic carbocycles. The third-order valence-electron chi connectivity index (χ3n) is 4.96. The minimum atomic E-state index is -0.243. The maximum atomic E-state index is 12.6. The van der Waals surface area contributed by atoms with Crippen molar-refractivity contribution in [1.29, 1.82) is 0 Å². The molecule has 4 aromatic rings. The van der Waals surface area contributed by atoms with E-state index in [1.54, 1.807) is 17.8 Å². The lowest BCUT2D eigenvalue weighted by molar-refractivity contribution is 0.102. The first-order valence-electron chi connectivity index (χ1n) is 9.87. The van der Waals surface area contributed by atoms with E-state index in [1.165, 1.54) is 49.9 Å². The zero-order valence-electron chi connectivity index (χ0n) is 16.1. The van der Waals surface area contributed by atoms with Gasteiger partial charge in [0.25, 0.3) is 5.91 Å². The van der Waals surface area contributed by atoms with E-state index in [4.69, 9.17) is 5.73 Å². The number of carbonyl (C=O) groups is 1. The molecule has 0 radical (unpaired) electrons. The summed E-state index contributed by atoms with van der Waals surface area (Å²) in [5.74, 6) is -0.0933. The van der Waals surface area contributed by atoms with Gasteiger partial charge in [0.05, 0.1) is 33.2 Å². The smallest absolute Gasteiger partial charge is 0.258 e. The van der Waals surface area contributed by atoms with Crippen LogP contribution in [0.3, 0.4) is 0 Å². The van der Waals surface area contributed by atoms with Gasteiger partial charge in [0.2, 0.25) is 5.95 Å². The Kier molecular flexibility index (Phi) is 5.95. The summed E-state index contributed by atoms with van der Waals surface area (Å²) >= 11 is 1.41. The third kappa shape index (κ3) is 4.51. The number of hydrogen-bond donors (Lipinski definition) is 2. The number of carbonyl (C=O) groups excluding carboxylic acids is 1. The zero-order valence-corrected chi connectivity index (χ0v) is 16.9. The summed E-state index contributed by atoms with van der Waals surface area (Å²) in [5, 5.41) is 5.62. The topological polar surface area (TPSA) is 93.8 Å². The number of nitrogens with zero attached hydrogens (tertiary/aromatic N) is 3. The normalized spacial score (nSPS) is 13.7. The molecule has 0 bridgehead atoms. The Morgan fingerprint density at radius 3 is 2.45 bits per heavy atom. The Morgan fingerprint density at radius 2 is 1.69 bits per heavy atom. The second-order valence-corrected chi connectivity index (χ2v) is 7.96. The molecule has 3 aromatic heterocycles. The van der Waals surface area contributed by atoms with Crippen LogP contribution in [-0.2, 0) is 0 Å². The van der Waals surface area contributed by atoms with Crippen LogP contribution >= 0.6 is 11.3 Å². The average molecular weight is 406 g/mol. The first kappa shape index (κ1) is 19.3. The summed E-state index contributed by atoms with van der Waals surface area (Å²) in [6.45, 7) is 0. The van der Waals surface area contributed by atoms with Crippen molar-refractivity contribution in [2.75, 3.05) is 11.1 Å². The summed E-state index contributed by atoms with van der Waals surface area (Å²) in [4.78, 5) is 25.0. The number of amides is 1. The van der Waals surface area contributed by atoms with Crippen LogP contribution in [0.15, 0.2) is 48.1 Å². The van der Waals surface area contributed by atoms with Gasteiger partial charge in [-0.3, -0.25) is 9.78 Å². The van der Waals surface area contributed by atoms with Crippen molar-refractivity contribution >= 4 is 50.0 Å². The Bertz CT molecular complexity index is 1120. The SMILES string of the molecule is C1CCCCC1.Nc1ncc2scc(C(=O)Nc3cccc4cccnc34)c2n1. The van der Waals surface area contributed by atoms with Gasteiger partial charge in [-0.25, -0.2) is 9.97 Å². The van der Waals surface area contributed by atoms with Crippen LogP contribution in [0, 0.1) is 0 Å². The van der Waals surface area contributed by atoms with Gasteiger partial charge in [0.1, 0.15) is 0 Å². The van der Waals surface area contributed by atoms with Gasteiger partial charge in [-0.2, -0.15) is 0 Å². The number of para-hydroxylation sites is 1. The standard InChI is InChI=1S/C16H11N5OS.C6H12/c17-16-19-7-12-14(21-16)10(8-23-12)15(22)20-11-5-1-3-9-4-2-6-18-13(9)11;1-2-4-6-5-3-1/h1-8H,(H,20,22)(H2,17,19,21);1-6H2. The number of nitrogens with two attached hydrogens (primary N) is 1. The summed E-state index contributed by atoms with van der Waals surface area (Å²) in [7, 11) is 0. The minimum absolute atomic E-state index is 0.150. The molecule has 5 rings (SSSR count). The minimum Gasteiger partial charge on any atom is -0.368 e. The Hall–Kier alpha value is -3.06. The van der Waals surface area contributed by atoms with Gasteiger partial charge in [0, 0.05) is 17.0 Å². The van der Waals surface area contributed by atoms with Gasteiger partial charge in [-0.05, 0) is 12.1 Å². The summed E-state index contributed by atoms with van der Waals surface area (Å²) in [6.07, 6.45) is 12.3. The number of aromatic nitrogens is 3. The van der Waals surface area contributed by atoms with E-state index in [9.17, 15) is 4.79 Å². The molecule has 3 N–H and O–H groups in total. The molecule has 148 valence electrons. The molecule has 1 aliphatic rings. The summed E-state index contributed by atoms with van der Waals surface area (Å²) < 4.78 is 0.820. The number of benzene rings is 1. The fourth-order valence-corrected chi connectivity index (χ4v) is 4.30. The highest BCUT2D eigenvalue weighted by atomic mass is 32.1. The van der Waals surface area contributed by atoms with Crippen LogP contribution in [0.1, 0.15) is 48.9 Å². The highest BCUT2D eigenvalue weighted by Gasteiger charge is 2.15. The van der Waals surface area contributed by atoms with E-state index >= 15 is 0 Å². The predicted octanol–water partition coefficient (Wildman–Crippen LogP) is 5.41. The lowest BCUT2D eigenvalue weighted by Crippen LogP contribution is -2.12. The van der Waals surface area contributed by atoms with Crippen molar-refractivity contribution in [3.05, 3.63) is 53.7 Å². The molecule has 1 saturated carbocycles. The molecule has 1 amide bonds. The average Bonchev–Trinajstić information content (AvgIpc) is 3.19. The first-order valence-corrected chi connectivity index (χ1v) is 10.7. The maximum Gasteiger partial charge on any atom is 0.258 e. The number of hydrogen-bond acceptors (Lipinski definition) is 6. The number of nitrogen functional groups attached to an aromatic ring is 1. The quantitative estimate of drug-likeness (QED) is 0.465. The number of fused-ring (bicyclic) bond motifs is 2. The monoisotopic (exact) mass is 405 g/mol. The van der Waals surface area contributed by atoms with Crippen molar-refractivity contribution < 1.29 is 4.79 Å². The van der Waals surface area contributed by atoms with Gasteiger partial charge < -0.3 is 11.1 Å². The molecule has 0 aliphatic heterocycles. The molecule has 1 fully saturated rings. The third-order valence-corrected chi connectivity index (χ3v) is 5.86. The molecule has 0 unspecified atom stereocenters. The van der Waals surface area contributed by atoms with Crippen LogP contribution < -0.4 is 11.1 Å². The lowest BCUT2D eigenvalue weighted by Gasteiger charge is -2.07. The van der Waals surface area contributed by atoms with Crippen LogP contribution in [0.5, 0.6) is 0 Å². The second kappa shape index (κ2) is 8.96. The molecular formula is C22H23N5OS. The summed E-state index contributed by atoms with van der Waals surface area (Å²) in [6, 6.07) is 9.47. The molecule has 0 spiro atoms. The number of pyridine rings is 1. The van der Waals surface area contributed by atoms with Gasteiger partial charge in [-0.15, -0.1) is 11.3 Å². The Balaban J connectivity index is 0.000000294. The van der Waals surface area contributed by atoms with Crippen molar-refractivity contribution in [2.24, 2.45) is 0 Å². The number of anilines is 2. The molecule has 1 aliphatic carbocycles. The van der Waals surface area contributed by atoms with E-state index in [1.807, 2.05) is 30.3 Å². The lowest BCUT2D eigenvalue weighted by atomic mass is 10.0. The van der Waals surface area contributed by atoms with Gasteiger partial charge in [-0.1, -0.05) is 56.7 Å². The fraction of sp³-hybridized carbons (Fsp3) is 0.273. The Morgan fingerprint density at radius 1 is 0.966 bits per heavy atom. The summed E-state index contributed by atoms with van der Waals surface area (Å²) in [5.41, 5.74) is 8.07. The van der Waals surface area contributed by atoms with Gasteiger partial charge in [0.15, 0.2) is 0 Å². The Labute approximate surface area is 173 Å². The molecule has 3 heterocycles. The molecular weight excluding hydrogens is 382 g/mol. The van der Waals surface area contributed by atoms with Crippen molar-refractivity contribution in [3.8, 4) is 0 Å². The molecule has 29 heavy (non-hydrogen) atoms. The molecule has 0 atom stereocenters. The predicted molar refractivity (Wildman–Crippen MR) is 119 cm³/mol. The van der Waals surface area contributed by atoms with E-state index in [-0.39, 0.29) is 11.9 Å². The molecule has 7 heteroatoms. The van der Waals surface area contributed by atoms with Crippen LogP contribution in [0.4, 0.5) is 11.6 Å². The maximum absolute atomic E-state index is 12.6. The number of rotatable bonds is 2.